The molecule has 0 fully saturated rings. The highest BCUT2D eigenvalue weighted by molar-refractivity contribution is 7.00. The molecule has 0 heterocycles. The third-order valence-corrected chi connectivity index (χ3v) is 89.3. The van der Waals surface area contributed by atoms with E-state index in [1.165, 1.54) is 24.8 Å². The van der Waals surface area contributed by atoms with Gasteiger partial charge in [-0.2, -0.15) is 0 Å². The Labute approximate surface area is 852 Å². The largest absolute Gasteiger partial charge is 0.0779 e. The summed E-state index contributed by atoms with van der Waals surface area (Å²) in [6.07, 6.45) is -0.334. The summed E-state index contributed by atoms with van der Waals surface area (Å²) in [6.45, 7) is 151. The molecule has 756 valence electrons. The Morgan fingerprint density at radius 2 is 0.348 bits per heavy atom. The van der Waals surface area contributed by atoms with Crippen LogP contribution in [0.2, 0.25) is 326 Å². The van der Waals surface area contributed by atoms with E-state index in [9.17, 15) is 5.48 Å². The molecule has 0 radical (unpaired) electrons. The van der Waals surface area contributed by atoms with E-state index in [-0.39, 0.29) is 48.0 Å². The molecule has 6 aromatic rings. The predicted octanol–water partition coefficient (Wildman–Crippen LogP) is 38.3. The molecule has 0 nitrogen and oxygen atoms in total. The summed E-state index contributed by atoms with van der Waals surface area (Å²) in [5.74, 6) is 0. The van der Waals surface area contributed by atoms with Crippen LogP contribution in [0.5, 0.6) is 0 Å². The lowest BCUT2D eigenvalue weighted by Gasteiger charge is -2.41. The molecule has 0 saturated heterocycles. The van der Waals surface area contributed by atoms with E-state index >= 15 is 0 Å². The Morgan fingerprint density at radius 3 is 0.576 bits per heavy atom. The Kier molecular flexibility index (Phi) is 41.4. The maximum absolute atomic E-state index is 9.64. The van der Waals surface area contributed by atoms with Crippen LogP contribution in [-0.4, -0.2) is 121 Å². The fourth-order valence-corrected chi connectivity index (χ4v) is 99.3. The smallest absolute Gasteiger partial charge is 0.0695 e. The highest BCUT2D eigenvalue weighted by Crippen LogP contribution is 2.47. The number of benzene rings is 6. The van der Waals surface area contributed by atoms with Crippen molar-refractivity contribution in [3.8, 4) is 0 Å². The molecule has 0 N–H and O–H groups in total. The van der Waals surface area contributed by atoms with E-state index in [0.29, 0.717) is 0 Å². The lowest BCUT2D eigenvalue weighted by atomic mass is 9.79. The van der Waals surface area contributed by atoms with Crippen LogP contribution in [-0.2, 0) is 70.9 Å². The summed E-state index contributed by atoms with van der Waals surface area (Å²) in [6, 6.07) is 46.5. The lowest BCUT2D eigenvalue weighted by Crippen LogP contribution is -2.52. The van der Waals surface area contributed by atoms with Crippen LogP contribution in [0, 0.1) is 0 Å². The number of rotatable bonds is 27. The van der Waals surface area contributed by atoms with Crippen molar-refractivity contribution < 1.29 is 8.22 Å². The van der Waals surface area contributed by atoms with Gasteiger partial charge in [0.2, 0.25) is 0 Å². The van der Waals surface area contributed by atoms with Crippen LogP contribution in [0.25, 0.3) is 0 Å². The average Bonchev–Trinajstić information content (AvgIpc) is 0.717. The normalized spacial score (nSPS) is 15.2. The number of hydrogen-bond donors (Lipinski definition) is 0. The van der Waals surface area contributed by atoms with Crippen molar-refractivity contribution in [2.75, 3.05) is 0 Å². The molecule has 0 aromatic heterocycles. The molecular weight excluding hydrogens is 1830 g/mol. The van der Waals surface area contributed by atoms with Crippen molar-refractivity contribution in [2.45, 2.75) is 521 Å². The Bertz CT molecular complexity index is 4550. The molecule has 0 aliphatic rings. The molecule has 0 spiro atoms. The topological polar surface area (TPSA) is 0 Å². The maximum atomic E-state index is 9.64. The Hall–Kier alpha value is -1.43. The summed E-state index contributed by atoms with van der Waals surface area (Å²) in [4.78, 5) is 0. The van der Waals surface area contributed by atoms with Gasteiger partial charge in [0.25, 0.3) is 0 Å². The van der Waals surface area contributed by atoms with Crippen molar-refractivity contribution in [2.24, 2.45) is 0 Å². The zero-order valence-electron chi connectivity index (χ0n) is 106. The first-order chi connectivity index (χ1) is 60.1. The van der Waals surface area contributed by atoms with Crippen LogP contribution >= 0.6 is 0 Å². The van der Waals surface area contributed by atoms with Crippen molar-refractivity contribution >= 4 is 137 Å². The number of hydrogen-bond acceptors (Lipinski definition) is 0. The van der Waals surface area contributed by atoms with Crippen molar-refractivity contribution in [1.82, 2.24) is 0 Å². The fraction of sp³-hybridized carbons (Fsp3) is 0.692. The quantitative estimate of drug-likeness (QED) is 0.0451. The molecule has 0 atom stereocenters. The molecule has 0 bridgehead atoms. The fourth-order valence-electron chi connectivity index (χ4n) is 22.7. The zero-order chi connectivity index (χ0) is 110. The summed E-state index contributed by atoms with van der Waals surface area (Å²) in [7, 11) is -21.6. The molecule has 15 heteroatoms. The molecule has 6 aromatic carbocycles. The molecule has 0 saturated carbocycles. The predicted molar refractivity (Wildman–Crippen MR) is 665 cm³/mol. The third kappa shape index (κ3) is 41.9. The van der Waals surface area contributed by atoms with Crippen LogP contribution in [0.15, 0.2) is 127 Å². The van der Waals surface area contributed by atoms with E-state index in [4.69, 9.17) is 2.74 Å². The molecule has 0 amide bonds. The van der Waals surface area contributed by atoms with Gasteiger partial charge in [0.05, 0.1) is 24.2 Å². The highest BCUT2D eigenvalue weighted by atomic mass is 28.4. The van der Waals surface area contributed by atoms with Gasteiger partial charge in [-0.25, -0.2) is 0 Å². The zero-order valence-corrected chi connectivity index (χ0v) is 115. The first kappa shape index (κ1) is 118. The highest BCUT2D eigenvalue weighted by Gasteiger charge is 2.46. The molecular formula is C117H228Si15. The second-order valence-electron chi connectivity index (χ2n) is 62.8. The summed E-state index contributed by atoms with van der Waals surface area (Å²) in [5.41, 5.74) is 16.4. The van der Waals surface area contributed by atoms with Crippen LogP contribution in [0.1, 0.15) is 200 Å². The van der Waals surface area contributed by atoms with Gasteiger partial charge in [-0.3, -0.25) is 0 Å². The van der Waals surface area contributed by atoms with Crippen LogP contribution in [0.4, 0.5) is 0 Å². The van der Waals surface area contributed by atoms with Crippen LogP contribution in [0.3, 0.4) is 0 Å². The molecule has 0 unspecified atom stereocenters. The second kappa shape index (κ2) is 46.5. The van der Waals surface area contributed by atoms with E-state index in [0.717, 1.165) is 43.3 Å². The molecule has 0 aliphatic carbocycles. The van der Waals surface area contributed by atoms with Gasteiger partial charge in [0.1, 0.15) is 0 Å². The monoisotopic (exact) mass is 2060 g/mol. The molecule has 132 heavy (non-hydrogen) atoms. The minimum Gasteiger partial charge on any atom is -0.0695 e. The minimum absolute atomic E-state index is 0.0273. The van der Waals surface area contributed by atoms with E-state index in [1.54, 1.807) is 48.9 Å². The van der Waals surface area contributed by atoms with E-state index < -0.39 is 140 Å². The van der Waals surface area contributed by atoms with Gasteiger partial charge in [-0.1, -0.05) is 562 Å². The van der Waals surface area contributed by atoms with Crippen molar-refractivity contribution in [3.05, 3.63) is 194 Å². The van der Waals surface area contributed by atoms with Crippen molar-refractivity contribution in [3.63, 3.8) is 0 Å². The Balaban J connectivity index is 0.000000846. The van der Waals surface area contributed by atoms with Gasteiger partial charge >= 0.3 is 0 Å². The third-order valence-electron chi connectivity index (χ3n) is 27.0. The minimum atomic E-state index is -1.86. The first-order valence-corrected chi connectivity index (χ1v) is 105. The summed E-state index contributed by atoms with van der Waals surface area (Å²) in [5, 5.41) is 7.96. The standard InChI is InChI=1S/2C26H54Si4.2C18H34Si2.C16H30Si2.C13H22Si/c2*1-26(2,3)25-21(19-23(27(4,5)6)28(7,8)9)17-16-18-22(25)20-24(29(10,11)12)30(13,14)15;2*1-18(2,3)16-13-11-10-12-15(16)14-17(19(4,5)6)20(7,8)9;1-16(2,3)15-13(17(4,5)6)11-10-12-14(15)18(7,8)9;1-13(2,3)11-9-7-8-10-12(11)14(4,5)6/h2*16-18,23-24H,19-20H2,1-15H3;2*10-13,17H,14H2,1-9H3;10-12H,1-9H3;7-10H,1-6H3/i19D2,20D2;;14D2;;;. The molecule has 6 rings (SSSR count). The van der Waals surface area contributed by atoms with Gasteiger partial charge < -0.3 is 0 Å². The summed E-state index contributed by atoms with van der Waals surface area (Å²) < 4.78 is 56.8. The van der Waals surface area contributed by atoms with Gasteiger partial charge in [-0.15, -0.1) is 0 Å². The van der Waals surface area contributed by atoms with Crippen molar-refractivity contribution in [1.29, 1.82) is 0 Å². The SMILES string of the molecule is CC(C)(C)c1c(CC([Si](C)(C)C)[Si](C)(C)C)cccc1CC([Si](C)(C)C)[Si](C)(C)C.CC(C)(C)c1c([Si](C)(C)C)cccc1[Si](C)(C)C.CC(C)(C)c1ccccc1CC([Si](C)(C)C)[Si](C)(C)C.CC(C)(C)c1ccccc1[Si](C)(C)C.[2H]C([2H])(c1cccc(C([2H])([2H])C([Si](C)(C)C)[Si](C)(C)C)c1C(C)(C)C)C([Si](C)(C)C)[Si](C)(C)C.[2H]C([2H])(c1ccccc1C(C)(C)C)C([Si](C)(C)C)[Si](C)(C)C. The average molecular weight is 2060 g/mol. The summed E-state index contributed by atoms with van der Waals surface area (Å²) >= 11 is 0. The van der Waals surface area contributed by atoms with Gasteiger partial charge in [0.15, 0.2) is 0 Å². The van der Waals surface area contributed by atoms with Gasteiger partial charge in [-0.05, 0) is 169 Å². The first-order valence-electron chi connectivity index (χ1n) is 54.8. The van der Waals surface area contributed by atoms with E-state index in [1.807, 2.05) is 36.4 Å². The second-order valence-corrected chi connectivity index (χ2v) is 146. The lowest BCUT2D eigenvalue weighted by molar-refractivity contribution is 0.573. The maximum Gasteiger partial charge on any atom is 0.0779 e. The molecule has 0 aliphatic heterocycles. The Morgan fingerprint density at radius 1 is 0.174 bits per heavy atom. The van der Waals surface area contributed by atoms with Crippen LogP contribution < -0.4 is 15.6 Å². The van der Waals surface area contributed by atoms with E-state index in [2.05, 4.69) is 510 Å². The van der Waals surface area contributed by atoms with Gasteiger partial charge in [0, 0.05) is 105 Å².